The Labute approximate surface area is 118 Å². The third-order valence-electron chi connectivity index (χ3n) is 5.35. The highest BCUT2D eigenvalue weighted by atomic mass is 16.5. The standard InChI is InChI=1S/C17H32O2/c1-3-19-17(15-7-5-4-6-8-15)16(18)14-11-9-13(2)10-12-14/h13-18H,3-12H2,1-2H3. The molecule has 112 valence electrons. The van der Waals surface area contributed by atoms with Crippen molar-refractivity contribution in [2.75, 3.05) is 6.61 Å². The van der Waals surface area contributed by atoms with Gasteiger partial charge in [-0.3, -0.25) is 0 Å². The van der Waals surface area contributed by atoms with Crippen molar-refractivity contribution in [2.45, 2.75) is 83.8 Å². The monoisotopic (exact) mass is 268 g/mol. The Hall–Kier alpha value is -0.0800. The highest BCUT2D eigenvalue weighted by molar-refractivity contribution is 4.86. The van der Waals surface area contributed by atoms with Gasteiger partial charge in [-0.2, -0.15) is 0 Å². The molecule has 0 spiro atoms. The lowest BCUT2D eigenvalue weighted by molar-refractivity contribution is -0.0995. The molecule has 2 aliphatic carbocycles. The van der Waals surface area contributed by atoms with Gasteiger partial charge in [0.25, 0.3) is 0 Å². The molecule has 0 aromatic rings. The van der Waals surface area contributed by atoms with Crippen molar-refractivity contribution in [1.29, 1.82) is 0 Å². The van der Waals surface area contributed by atoms with Crippen LogP contribution < -0.4 is 0 Å². The summed E-state index contributed by atoms with van der Waals surface area (Å²) in [6.07, 6.45) is 11.3. The van der Waals surface area contributed by atoms with Crippen LogP contribution >= 0.6 is 0 Å². The Morgan fingerprint density at radius 3 is 2.16 bits per heavy atom. The number of aliphatic hydroxyl groups excluding tert-OH is 1. The molecule has 2 aliphatic rings. The number of hydrogen-bond acceptors (Lipinski definition) is 2. The van der Waals surface area contributed by atoms with Gasteiger partial charge < -0.3 is 9.84 Å². The molecule has 0 aromatic carbocycles. The SMILES string of the molecule is CCOC(C1CCCCC1)C(O)C1CCC(C)CC1. The summed E-state index contributed by atoms with van der Waals surface area (Å²) < 4.78 is 5.97. The predicted molar refractivity (Wildman–Crippen MR) is 79.1 cm³/mol. The van der Waals surface area contributed by atoms with E-state index in [1.807, 2.05) is 0 Å². The third kappa shape index (κ3) is 4.19. The summed E-state index contributed by atoms with van der Waals surface area (Å²) in [6, 6.07) is 0. The fourth-order valence-corrected chi connectivity index (χ4v) is 4.06. The molecule has 2 saturated carbocycles. The normalized spacial score (nSPS) is 33.0. The quantitative estimate of drug-likeness (QED) is 0.811. The molecule has 2 heteroatoms. The van der Waals surface area contributed by atoms with E-state index >= 15 is 0 Å². The van der Waals surface area contributed by atoms with E-state index < -0.39 is 0 Å². The minimum Gasteiger partial charge on any atom is -0.390 e. The summed E-state index contributed by atoms with van der Waals surface area (Å²) in [5.41, 5.74) is 0. The molecule has 2 unspecified atom stereocenters. The van der Waals surface area contributed by atoms with Gasteiger partial charge in [0.1, 0.15) is 0 Å². The maximum atomic E-state index is 10.8. The molecule has 2 atom stereocenters. The van der Waals surface area contributed by atoms with Crippen LogP contribution in [0.15, 0.2) is 0 Å². The molecule has 0 radical (unpaired) electrons. The third-order valence-corrected chi connectivity index (χ3v) is 5.35. The molecule has 0 saturated heterocycles. The molecule has 2 fully saturated rings. The first-order valence-electron chi connectivity index (χ1n) is 8.52. The number of ether oxygens (including phenoxy) is 1. The van der Waals surface area contributed by atoms with Crippen LogP contribution in [0.25, 0.3) is 0 Å². The van der Waals surface area contributed by atoms with E-state index in [9.17, 15) is 5.11 Å². The molecule has 2 rings (SSSR count). The lowest BCUT2D eigenvalue weighted by Crippen LogP contribution is -2.42. The Kier molecular flexibility index (Phi) is 6.15. The zero-order valence-electron chi connectivity index (χ0n) is 12.8. The fourth-order valence-electron chi connectivity index (χ4n) is 4.06. The molecule has 0 aromatic heterocycles. The molecule has 0 aliphatic heterocycles. The first-order chi connectivity index (χ1) is 9.22. The summed E-state index contributed by atoms with van der Waals surface area (Å²) in [5, 5.41) is 10.8. The minimum absolute atomic E-state index is 0.101. The van der Waals surface area contributed by atoms with Crippen LogP contribution in [-0.4, -0.2) is 23.9 Å². The largest absolute Gasteiger partial charge is 0.390 e. The second-order valence-electron chi connectivity index (χ2n) is 6.83. The number of hydrogen-bond donors (Lipinski definition) is 1. The lowest BCUT2D eigenvalue weighted by Gasteiger charge is -2.38. The van der Waals surface area contributed by atoms with Crippen molar-refractivity contribution >= 4 is 0 Å². The van der Waals surface area contributed by atoms with Gasteiger partial charge in [0.15, 0.2) is 0 Å². The van der Waals surface area contributed by atoms with Crippen molar-refractivity contribution in [2.24, 2.45) is 17.8 Å². The van der Waals surface area contributed by atoms with Gasteiger partial charge in [0.05, 0.1) is 12.2 Å². The maximum absolute atomic E-state index is 10.8. The van der Waals surface area contributed by atoms with E-state index in [1.54, 1.807) is 0 Å². The van der Waals surface area contributed by atoms with Gasteiger partial charge in [0.2, 0.25) is 0 Å². The highest BCUT2D eigenvalue weighted by Crippen LogP contribution is 2.36. The predicted octanol–water partition coefficient (Wildman–Crippen LogP) is 4.16. The first-order valence-corrected chi connectivity index (χ1v) is 8.52. The van der Waals surface area contributed by atoms with Gasteiger partial charge >= 0.3 is 0 Å². The second-order valence-corrected chi connectivity index (χ2v) is 6.83. The average Bonchev–Trinajstić information content (AvgIpc) is 2.46. The van der Waals surface area contributed by atoms with E-state index in [2.05, 4.69) is 13.8 Å². The summed E-state index contributed by atoms with van der Waals surface area (Å²) >= 11 is 0. The molecule has 2 nitrogen and oxygen atoms in total. The van der Waals surface area contributed by atoms with E-state index in [4.69, 9.17) is 4.74 Å². The van der Waals surface area contributed by atoms with Crippen LogP contribution in [0.1, 0.15) is 71.6 Å². The number of rotatable bonds is 5. The molecule has 0 bridgehead atoms. The highest BCUT2D eigenvalue weighted by Gasteiger charge is 2.35. The van der Waals surface area contributed by atoms with E-state index in [0.717, 1.165) is 12.5 Å². The first kappa shape index (κ1) is 15.3. The van der Waals surface area contributed by atoms with Crippen LogP contribution in [0.3, 0.4) is 0 Å². The topological polar surface area (TPSA) is 29.5 Å². The van der Waals surface area contributed by atoms with Crippen LogP contribution in [0.2, 0.25) is 0 Å². The Bertz CT molecular complexity index is 240. The average molecular weight is 268 g/mol. The van der Waals surface area contributed by atoms with Crippen molar-refractivity contribution < 1.29 is 9.84 Å². The van der Waals surface area contributed by atoms with Crippen LogP contribution in [0.4, 0.5) is 0 Å². The maximum Gasteiger partial charge on any atom is 0.0864 e. The summed E-state index contributed by atoms with van der Waals surface area (Å²) in [5.74, 6) is 1.93. The molecule has 0 amide bonds. The van der Waals surface area contributed by atoms with Crippen molar-refractivity contribution in [3.05, 3.63) is 0 Å². The van der Waals surface area contributed by atoms with E-state index in [-0.39, 0.29) is 12.2 Å². The zero-order valence-corrected chi connectivity index (χ0v) is 12.8. The van der Waals surface area contributed by atoms with Gasteiger partial charge in [-0.05, 0) is 50.4 Å². The fraction of sp³-hybridized carbons (Fsp3) is 1.00. The van der Waals surface area contributed by atoms with Crippen LogP contribution in [-0.2, 0) is 4.74 Å². The van der Waals surface area contributed by atoms with Crippen LogP contribution in [0, 0.1) is 17.8 Å². The van der Waals surface area contributed by atoms with Gasteiger partial charge in [-0.25, -0.2) is 0 Å². The second kappa shape index (κ2) is 7.64. The van der Waals surface area contributed by atoms with Gasteiger partial charge in [-0.1, -0.05) is 39.0 Å². The summed E-state index contributed by atoms with van der Waals surface area (Å²) in [7, 11) is 0. The Balaban J connectivity index is 1.92. The van der Waals surface area contributed by atoms with Crippen molar-refractivity contribution in [1.82, 2.24) is 0 Å². The molecule has 19 heavy (non-hydrogen) atoms. The Morgan fingerprint density at radius 1 is 0.947 bits per heavy atom. The van der Waals surface area contributed by atoms with Crippen molar-refractivity contribution in [3.63, 3.8) is 0 Å². The minimum atomic E-state index is -0.226. The smallest absolute Gasteiger partial charge is 0.0864 e. The summed E-state index contributed by atoms with van der Waals surface area (Å²) in [4.78, 5) is 0. The van der Waals surface area contributed by atoms with E-state index in [1.165, 1.54) is 57.8 Å². The molecular weight excluding hydrogens is 236 g/mol. The van der Waals surface area contributed by atoms with Gasteiger partial charge in [-0.15, -0.1) is 0 Å². The lowest BCUT2D eigenvalue weighted by atomic mass is 9.74. The van der Waals surface area contributed by atoms with Crippen LogP contribution in [0.5, 0.6) is 0 Å². The molecular formula is C17H32O2. The zero-order chi connectivity index (χ0) is 13.7. The van der Waals surface area contributed by atoms with E-state index in [0.29, 0.717) is 11.8 Å². The molecule has 0 heterocycles. The molecule has 1 N–H and O–H groups in total. The summed E-state index contributed by atoms with van der Waals surface area (Å²) in [6.45, 7) is 5.14. The van der Waals surface area contributed by atoms with Gasteiger partial charge in [0, 0.05) is 6.61 Å². The number of aliphatic hydroxyl groups is 1. The Morgan fingerprint density at radius 2 is 1.58 bits per heavy atom. The van der Waals surface area contributed by atoms with Crippen molar-refractivity contribution in [3.8, 4) is 0 Å².